The lowest BCUT2D eigenvalue weighted by atomic mass is 9.92. The second kappa shape index (κ2) is 8.18. The van der Waals surface area contributed by atoms with E-state index in [9.17, 15) is 10.2 Å². The van der Waals surface area contributed by atoms with Gasteiger partial charge < -0.3 is 14.9 Å². The minimum absolute atomic E-state index is 0.220. The molecule has 2 N–H and O–H groups in total. The lowest BCUT2D eigenvalue weighted by molar-refractivity contribution is 0.00637. The second-order valence-corrected chi connectivity index (χ2v) is 5.06. The summed E-state index contributed by atoms with van der Waals surface area (Å²) in [6.45, 7) is 6.70. The number of aliphatic hydroxyl groups is 2. The molecular formula is C16H26O3. The maximum absolute atomic E-state index is 9.94. The Morgan fingerprint density at radius 1 is 1.05 bits per heavy atom. The zero-order valence-corrected chi connectivity index (χ0v) is 12.2. The molecule has 0 aliphatic heterocycles. The van der Waals surface area contributed by atoms with Gasteiger partial charge in [-0.05, 0) is 43.4 Å². The van der Waals surface area contributed by atoms with Crippen LogP contribution in [0.3, 0.4) is 0 Å². The third-order valence-electron chi connectivity index (χ3n) is 3.38. The highest BCUT2D eigenvalue weighted by molar-refractivity contribution is 5.29. The minimum atomic E-state index is -0.651. The summed E-state index contributed by atoms with van der Waals surface area (Å²) in [6, 6.07) is 7.94. The summed E-state index contributed by atoms with van der Waals surface area (Å²) in [5.41, 5.74) is 1.16. The molecule has 0 heterocycles. The molecular weight excluding hydrogens is 240 g/mol. The highest BCUT2D eigenvalue weighted by atomic mass is 16.5. The molecule has 0 spiro atoms. The molecule has 1 rings (SSSR count). The summed E-state index contributed by atoms with van der Waals surface area (Å²) in [5.74, 6) is 1.09. The number of hydrogen-bond donors (Lipinski definition) is 2. The van der Waals surface area contributed by atoms with Crippen molar-refractivity contribution in [3.63, 3.8) is 0 Å². The van der Waals surface area contributed by atoms with Crippen molar-refractivity contribution < 1.29 is 14.9 Å². The van der Waals surface area contributed by atoms with Crippen LogP contribution in [0.5, 0.6) is 5.75 Å². The molecule has 3 nitrogen and oxygen atoms in total. The van der Waals surface area contributed by atoms with Crippen LogP contribution in [0.25, 0.3) is 0 Å². The fourth-order valence-corrected chi connectivity index (χ4v) is 2.20. The van der Waals surface area contributed by atoms with Gasteiger partial charge in [0.05, 0.1) is 18.8 Å². The van der Waals surface area contributed by atoms with Crippen LogP contribution in [0.4, 0.5) is 0 Å². The Bertz CT molecular complexity index is 348. The number of hydrogen-bond acceptors (Lipinski definition) is 3. The summed E-state index contributed by atoms with van der Waals surface area (Å²) in [5, 5.41) is 19.7. The summed E-state index contributed by atoms with van der Waals surface area (Å²) < 4.78 is 5.40. The molecule has 0 saturated carbocycles. The maximum Gasteiger partial charge on any atom is 0.119 e. The van der Waals surface area contributed by atoms with Crippen molar-refractivity contribution in [2.75, 3.05) is 6.61 Å². The molecule has 1 aromatic carbocycles. The summed E-state index contributed by atoms with van der Waals surface area (Å²) >= 11 is 0. The number of benzene rings is 1. The van der Waals surface area contributed by atoms with E-state index in [2.05, 4.69) is 6.92 Å². The number of rotatable bonds is 8. The van der Waals surface area contributed by atoms with Crippen molar-refractivity contribution >= 4 is 0 Å². The van der Waals surface area contributed by atoms with E-state index in [1.807, 2.05) is 38.1 Å². The molecule has 0 amide bonds. The summed E-state index contributed by atoms with van der Waals surface area (Å²) in [7, 11) is 0. The Kier molecular flexibility index (Phi) is 6.89. The van der Waals surface area contributed by atoms with E-state index < -0.39 is 12.2 Å². The van der Waals surface area contributed by atoms with Gasteiger partial charge >= 0.3 is 0 Å². The Hall–Kier alpha value is -1.06. The van der Waals surface area contributed by atoms with Crippen molar-refractivity contribution in [1.29, 1.82) is 0 Å². The van der Waals surface area contributed by atoms with E-state index >= 15 is 0 Å². The van der Waals surface area contributed by atoms with E-state index in [1.54, 1.807) is 0 Å². The third kappa shape index (κ3) is 5.21. The van der Waals surface area contributed by atoms with Gasteiger partial charge in [0, 0.05) is 0 Å². The lowest BCUT2D eigenvalue weighted by Crippen LogP contribution is -2.27. The van der Waals surface area contributed by atoms with Crippen LogP contribution in [0, 0.1) is 0 Å². The molecule has 3 heteroatoms. The molecule has 1 aromatic rings. The maximum atomic E-state index is 9.94. The molecule has 3 atom stereocenters. The lowest BCUT2D eigenvalue weighted by Gasteiger charge is -2.21. The Balaban J connectivity index is 2.54. The summed E-state index contributed by atoms with van der Waals surface area (Å²) in [6.07, 6.45) is 0.846. The average Bonchev–Trinajstić information content (AvgIpc) is 2.40. The predicted octanol–water partition coefficient (Wildman–Crippen LogP) is 3.10. The molecule has 0 aromatic heterocycles. The first kappa shape index (κ1) is 16.0. The Labute approximate surface area is 116 Å². The third-order valence-corrected chi connectivity index (χ3v) is 3.38. The normalized spacial score (nSPS) is 15.8. The summed E-state index contributed by atoms with van der Waals surface area (Å²) in [4.78, 5) is 0. The number of ether oxygens (including phenoxy) is 1. The molecule has 19 heavy (non-hydrogen) atoms. The Morgan fingerprint density at radius 2 is 1.68 bits per heavy atom. The van der Waals surface area contributed by atoms with Crippen molar-refractivity contribution in [1.82, 2.24) is 0 Å². The van der Waals surface area contributed by atoms with Crippen LogP contribution in [0.1, 0.15) is 51.5 Å². The monoisotopic (exact) mass is 266 g/mol. The van der Waals surface area contributed by atoms with Gasteiger partial charge in [0.2, 0.25) is 0 Å². The zero-order valence-electron chi connectivity index (χ0n) is 12.2. The molecule has 0 saturated heterocycles. The zero-order chi connectivity index (χ0) is 14.3. The van der Waals surface area contributed by atoms with Crippen molar-refractivity contribution in [2.45, 2.75) is 58.2 Å². The highest BCUT2D eigenvalue weighted by Gasteiger charge is 2.19. The van der Waals surface area contributed by atoms with Crippen LogP contribution in [-0.2, 0) is 0 Å². The van der Waals surface area contributed by atoms with E-state index in [-0.39, 0.29) is 5.92 Å². The molecule has 0 radical (unpaired) electrons. The molecule has 0 bridgehead atoms. The second-order valence-electron chi connectivity index (χ2n) is 5.06. The minimum Gasteiger partial charge on any atom is -0.494 e. The fraction of sp³-hybridized carbons (Fsp3) is 0.625. The van der Waals surface area contributed by atoms with E-state index in [4.69, 9.17) is 4.74 Å². The van der Waals surface area contributed by atoms with Gasteiger partial charge in [0.15, 0.2) is 0 Å². The standard InChI is InChI=1S/C16H26O3/c1-4-6-15(17)16(18)11-12(3)13-7-9-14(10-8-13)19-5-2/h7-10,12,15-18H,4-6,11H2,1-3H3. The fourth-order valence-electron chi connectivity index (χ4n) is 2.20. The molecule has 0 aliphatic rings. The van der Waals surface area contributed by atoms with Crippen LogP contribution in [0.15, 0.2) is 24.3 Å². The first-order valence-corrected chi connectivity index (χ1v) is 7.17. The van der Waals surface area contributed by atoms with E-state index in [0.717, 1.165) is 17.7 Å². The van der Waals surface area contributed by atoms with E-state index in [0.29, 0.717) is 19.4 Å². The van der Waals surface area contributed by atoms with Crippen LogP contribution in [-0.4, -0.2) is 29.0 Å². The molecule has 108 valence electrons. The first-order valence-electron chi connectivity index (χ1n) is 7.17. The molecule has 3 unspecified atom stereocenters. The topological polar surface area (TPSA) is 49.7 Å². The van der Waals surface area contributed by atoms with Gasteiger partial charge in [0.1, 0.15) is 5.75 Å². The van der Waals surface area contributed by atoms with Gasteiger partial charge in [0.25, 0.3) is 0 Å². The van der Waals surface area contributed by atoms with Gasteiger partial charge in [-0.1, -0.05) is 32.4 Å². The largest absolute Gasteiger partial charge is 0.494 e. The van der Waals surface area contributed by atoms with Crippen LogP contribution >= 0.6 is 0 Å². The van der Waals surface area contributed by atoms with Crippen molar-refractivity contribution in [2.24, 2.45) is 0 Å². The van der Waals surface area contributed by atoms with Gasteiger partial charge in [-0.25, -0.2) is 0 Å². The molecule has 0 aliphatic carbocycles. The predicted molar refractivity (Wildman–Crippen MR) is 77.6 cm³/mol. The first-order chi connectivity index (χ1) is 9.08. The molecule has 0 fully saturated rings. The smallest absolute Gasteiger partial charge is 0.119 e. The SMILES string of the molecule is CCCC(O)C(O)CC(C)c1ccc(OCC)cc1. The van der Waals surface area contributed by atoms with Crippen molar-refractivity contribution in [3.8, 4) is 5.75 Å². The van der Waals surface area contributed by atoms with Gasteiger partial charge in [-0.15, -0.1) is 0 Å². The Morgan fingerprint density at radius 3 is 2.21 bits per heavy atom. The van der Waals surface area contributed by atoms with Crippen LogP contribution in [0.2, 0.25) is 0 Å². The number of aliphatic hydroxyl groups excluding tert-OH is 2. The van der Waals surface area contributed by atoms with Gasteiger partial charge in [-0.3, -0.25) is 0 Å². The van der Waals surface area contributed by atoms with E-state index in [1.165, 1.54) is 0 Å². The highest BCUT2D eigenvalue weighted by Crippen LogP contribution is 2.24. The van der Waals surface area contributed by atoms with Gasteiger partial charge in [-0.2, -0.15) is 0 Å². The van der Waals surface area contributed by atoms with Crippen LogP contribution < -0.4 is 4.74 Å². The average molecular weight is 266 g/mol. The van der Waals surface area contributed by atoms with Crippen molar-refractivity contribution in [3.05, 3.63) is 29.8 Å². The quantitative estimate of drug-likeness (QED) is 0.760.